The maximum atomic E-state index is 4.81. The van der Waals surface area contributed by atoms with Gasteiger partial charge in [0.15, 0.2) is 0 Å². The van der Waals surface area contributed by atoms with Gasteiger partial charge in [-0.25, -0.2) is 0 Å². The molecule has 2 heterocycles. The fourth-order valence-electron chi connectivity index (χ4n) is 0.992. The fourth-order valence-corrected chi connectivity index (χ4v) is 0.992. The molecule has 0 bridgehead atoms. The van der Waals surface area contributed by atoms with Crippen LogP contribution in [0.2, 0.25) is 0 Å². The molecule has 72 valence electrons. The van der Waals surface area contributed by atoms with Crippen molar-refractivity contribution in [3.63, 3.8) is 0 Å². The Hall–Kier alpha value is -0.160. The molecule has 2 aliphatic heterocycles. The number of rotatable bonds is 0. The smallest absolute Gasteiger partial charge is 0.0697 e. The number of hydrogen-bond acceptors (Lipinski definition) is 4. The molecule has 4 heteroatoms. The molecule has 0 radical (unpaired) electrons. The van der Waals surface area contributed by atoms with Crippen molar-refractivity contribution in [3.8, 4) is 0 Å². The highest BCUT2D eigenvalue weighted by molar-refractivity contribution is 4.57. The third kappa shape index (κ3) is 4.01. The molecule has 2 rings (SSSR count). The molecule has 2 fully saturated rings. The van der Waals surface area contributed by atoms with Crippen LogP contribution in [0.3, 0.4) is 0 Å². The maximum Gasteiger partial charge on any atom is 0.0697 e. The van der Waals surface area contributed by atoms with Crippen molar-refractivity contribution < 1.29 is 9.68 Å². The predicted octanol–water partition coefficient (Wildman–Crippen LogP) is 0.600. The molecule has 0 saturated carbocycles. The molecule has 0 amide bonds. The van der Waals surface area contributed by atoms with Gasteiger partial charge in [0.1, 0.15) is 0 Å². The van der Waals surface area contributed by atoms with Crippen LogP contribution in [-0.2, 0) is 9.68 Å². The Morgan fingerprint density at radius 1 is 0.917 bits per heavy atom. The van der Waals surface area contributed by atoms with Gasteiger partial charge in [0.25, 0.3) is 0 Å². The summed E-state index contributed by atoms with van der Waals surface area (Å²) < 4.78 is 0. The van der Waals surface area contributed by atoms with E-state index in [1.165, 1.54) is 0 Å². The highest BCUT2D eigenvalue weighted by atomic mass is 16.7. The Balaban J connectivity index is 0.000000120. The summed E-state index contributed by atoms with van der Waals surface area (Å²) in [5.41, 5.74) is 5.64. The Kier molecular flexibility index (Phi) is 4.53. The number of hydroxylamine groups is 2. The molecule has 0 aromatic rings. The molecule has 12 heavy (non-hydrogen) atoms. The van der Waals surface area contributed by atoms with E-state index in [4.69, 9.17) is 9.68 Å². The zero-order valence-electron chi connectivity index (χ0n) is 7.80. The minimum absolute atomic E-state index is 0.574. The summed E-state index contributed by atoms with van der Waals surface area (Å²) in [5.74, 6) is 0. The summed E-state index contributed by atoms with van der Waals surface area (Å²) in [6, 6.07) is 1.15. The molecular weight excluding hydrogens is 156 g/mol. The van der Waals surface area contributed by atoms with E-state index in [-0.39, 0.29) is 0 Å². The average molecular weight is 174 g/mol. The van der Waals surface area contributed by atoms with Crippen molar-refractivity contribution in [3.05, 3.63) is 0 Å². The van der Waals surface area contributed by atoms with Crippen molar-refractivity contribution in [2.45, 2.75) is 38.8 Å². The largest absolute Gasteiger partial charge is 0.301 e. The van der Waals surface area contributed by atoms with Gasteiger partial charge in [-0.15, -0.1) is 0 Å². The summed E-state index contributed by atoms with van der Waals surface area (Å²) in [6.07, 6.45) is 2.31. The second-order valence-electron chi connectivity index (χ2n) is 3.31. The van der Waals surface area contributed by atoms with Crippen LogP contribution in [0, 0.1) is 0 Å². The van der Waals surface area contributed by atoms with E-state index in [9.17, 15) is 0 Å². The Bertz CT molecular complexity index is 95.6. The molecule has 0 aromatic carbocycles. The lowest BCUT2D eigenvalue weighted by molar-refractivity contribution is 0.0908. The van der Waals surface area contributed by atoms with E-state index in [0.29, 0.717) is 12.1 Å². The van der Waals surface area contributed by atoms with Gasteiger partial charge in [0.05, 0.1) is 13.2 Å². The van der Waals surface area contributed by atoms with Gasteiger partial charge < -0.3 is 9.68 Å². The molecule has 0 aromatic heterocycles. The zero-order valence-corrected chi connectivity index (χ0v) is 7.80. The molecule has 2 saturated heterocycles. The van der Waals surface area contributed by atoms with Crippen molar-refractivity contribution >= 4 is 0 Å². The third-order valence-electron chi connectivity index (χ3n) is 1.87. The van der Waals surface area contributed by atoms with Gasteiger partial charge in [-0.3, -0.25) is 0 Å². The number of nitrogens with one attached hydrogen (secondary N) is 2. The van der Waals surface area contributed by atoms with Crippen LogP contribution < -0.4 is 11.0 Å². The van der Waals surface area contributed by atoms with Crippen LogP contribution in [-0.4, -0.2) is 25.3 Å². The zero-order chi connectivity index (χ0) is 8.81. The first-order valence-corrected chi connectivity index (χ1v) is 4.53. The highest BCUT2D eigenvalue weighted by Crippen LogP contribution is 1.97. The van der Waals surface area contributed by atoms with Crippen LogP contribution >= 0.6 is 0 Å². The van der Waals surface area contributed by atoms with Gasteiger partial charge >= 0.3 is 0 Å². The molecule has 2 atom stereocenters. The standard InChI is InChI=1S/2C4H9NO/c2*1-4-2-3-6-5-4/h2*4-5H,2-3H2,1H3/t2*4-/m10/s1. The van der Waals surface area contributed by atoms with Crippen molar-refractivity contribution in [1.29, 1.82) is 0 Å². The van der Waals surface area contributed by atoms with Crippen LogP contribution in [0.5, 0.6) is 0 Å². The quantitative estimate of drug-likeness (QED) is 0.564. The van der Waals surface area contributed by atoms with E-state index in [1.807, 2.05) is 0 Å². The van der Waals surface area contributed by atoms with Gasteiger partial charge in [-0.2, -0.15) is 11.0 Å². The van der Waals surface area contributed by atoms with Gasteiger partial charge in [0.2, 0.25) is 0 Å². The summed E-state index contributed by atoms with van der Waals surface area (Å²) in [5, 5.41) is 0. The van der Waals surface area contributed by atoms with Crippen LogP contribution in [0.1, 0.15) is 26.7 Å². The predicted molar refractivity (Wildman–Crippen MR) is 46.3 cm³/mol. The normalized spacial score (nSPS) is 34.5. The first-order chi connectivity index (χ1) is 5.79. The first kappa shape index (κ1) is 9.92. The van der Waals surface area contributed by atoms with Crippen LogP contribution in [0.4, 0.5) is 0 Å². The van der Waals surface area contributed by atoms with Crippen LogP contribution in [0.25, 0.3) is 0 Å². The molecule has 0 unspecified atom stereocenters. The SMILES string of the molecule is C[C@@H]1CCON1.C[C@H]1CCON1. The Morgan fingerprint density at radius 2 is 1.33 bits per heavy atom. The second-order valence-corrected chi connectivity index (χ2v) is 3.31. The van der Waals surface area contributed by atoms with E-state index >= 15 is 0 Å². The van der Waals surface area contributed by atoms with Crippen molar-refractivity contribution in [2.24, 2.45) is 0 Å². The fraction of sp³-hybridized carbons (Fsp3) is 1.00. The molecule has 0 spiro atoms. The van der Waals surface area contributed by atoms with Crippen molar-refractivity contribution in [1.82, 2.24) is 11.0 Å². The van der Waals surface area contributed by atoms with E-state index < -0.39 is 0 Å². The van der Waals surface area contributed by atoms with Gasteiger partial charge in [0, 0.05) is 12.1 Å². The minimum atomic E-state index is 0.574. The van der Waals surface area contributed by atoms with Crippen LogP contribution in [0.15, 0.2) is 0 Å². The minimum Gasteiger partial charge on any atom is -0.301 e. The van der Waals surface area contributed by atoms with Crippen molar-refractivity contribution in [2.75, 3.05) is 13.2 Å². The lowest BCUT2D eigenvalue weighted by atomic mass is 10.3. The summed E-state index contributed by atoms with van der Waals surface area (Å²) in [7, 11) is 0. The second kappa shape index (κ2) is 5.48. The molecule has 2 N–H and O–H groups in total. The Morgan fingerprint density at radius 3 is 1.42 bits per heavy atom. The molecule has 0 aliphatic carbocycles. The maximum absolute atomic E-state index is 4.81. The lowest BCUT2D eigenvalue weighted by Gasteiger charge is -1.92. The van der Waals surface area contributed by atoms with E-state index in [1.54, 1.807) is 0 Å². The Labute approximate surface area is 73.5 Å². The monoisotopic (exact) mass is 174 g/mol. The molecular formula is C8H18N2O2. The summed E-state index contributed by atoms with van der Waals surface area (Å²) >= 11 is 0. The summed E-state index contributed by atoms with van der Waals surface area (Å²) in [6.45, 7) is 5.96. The average Bonchev–Trinajstić information content (AvgIpc) is 2.63. The molecule has 4 nitrogen and oxygen atoms in total. The lowest BCUT2D eigenvalue weighted by Crippen LogP contribution is -2.14. The van der Waals surface area contributed by atoms with E-state index in [0.717, 1.165) is 26.1 Å². The van der Waals surface area contributed by atoms with Gasteiger partial charge in [-0.1, -0.05) is 0 Å². The first-order valence-electron chi connectivity index (χ1n) is 4.53. The topological polar surface area (TPSA) is 42.5 Å². The van der Waals surface area contributed by atoms with Gasteiger partial charge in [-0.05, 0) is 26.7 Å². The molecule has 2 aliphatic rings. The number of hydrogen-bond donors (Lipinski definition) is 2. The van der Waals surface area contributed by atoms with E-state index in [2.05, 4.69) is 24.8 Å². The highest BCUT2D eigenvalue weighted by Gasteiger charge is 2.07. The third-order valence-corrected chi connectivity index (χ3v) is 1.87. The summed E-state index contributed by atoms with van der Waals surface area (Å²) in [4.78, 5) is 9.61.